The third-order valence-corrected chi connectivity index (χ3v) is 3.51. The van der Waals surface area contributed by atoms with Crippen LogP contribution >= 0.6 is 0 Å². The van der Waals surface area contributed by atoms with E-state index in [1.807, 2.05) is 6.07 Å². The molecule has 2 rings (SSSR count). The second-order valence-corrected chi connectivity index (χ2v) is 4.58. The van der Waals surface area contributed by atoms with Crippen LogP contribution in [0.5, 0.6) is 0 Å². The summed E-state index contributed by atoms with van der Waals surface area (Å²) >= 11 is 0. The van der Waals surface area contributed by atoms with E-state index >= 15 is 0 Å². The van der Waals surface area contributed by atoms with Gasteiger partial charge in [-0.2, -0.15) is 5.10 Å². The highest BCUT2D eigenvalue weighted by Gasteiger charge is 2.37. The van der Waals surface area contributed by atoms with Crippen molar-refractivity contribution in [2.45, 2.75) is 32.4 Å². The Balaban J connectivity index is 1.88. The average Bonchev–Trinajstić information content (AvgIpc) is 2.94. The van der Waals surface area contributed by atoms with E-state index < -0.39 is 11.9 Å². The second-order valence-electron chi connectivity index (χ2n) is 4.58. The number of nitrogens with zero attached hydrogens (tertiary/aromatic N) is 3. The summed E-state index contributed by atoms with van der Waals surface area (Å²) in [6.45, 7) is 2.88. The number of carboxylic acid groups (broad SMARTS) is 1. The zero-order chi connectivity index (χ0) is 13.1. The number of aromatic nitrogens is 2. The summed E-state index contributed by atoms with van der Waals surface area (Å²) in [5.41, 5.74) is 0. The summed E-state index contributed by atoms with van der Waals surface area (Å²) in [6, 6.07) is 1.59. The van der Waals surface area contributed by atoms with Crippen LogP contribution in [0.2, 0.25) is 0 Å². The van der Waals surface area contributed by atoms with Crippen molar-refractivity contribution in [1.29, 1.82) is 0 Å². The zero-order valence-electron chi connectivity index (χ0n) is 10.3. The topological polar surface area (TPSA) is 75.4 Å². The lowest BCUT2D eigenvalue weighted by Gasteiger charge is -2.23. The van der Waals surface area contributed by atoms with Gasteiger partial charge in [0, 0.05) is 37.9 Å². The van der Waals surface area contributed by atoms with Gasteiger partial charge in [-0.25, -0.2) is 0 Å². The molecule has 0 aromatic carbocycles. The van der Waals surface area contributed by atoms with Crippen LogP contribution in [0.25, 0.3) is 0 Å². The standard InChI is InChI=1S/C12H17N3O3/c1-9-10(12(17)18)3-8-15(9)11(16)4-7-14-6-2-5-13-14/h2,5-6,9-10H,3-4,7-8H2,1H3,(H,17,18). The Kier molecular flexibility index (Phi) is 3.64. The summed E-state index contributed by atoms with van der Waals surface area (Å²) in [5, 5.41) is 13.0. The molecule has 18 heavy (non-hydrogen) atoms. The fourth-order valence-electron chi connectivity index (χ4n) is 2.41. The lowest BCUT2D eigenvalue weighted by Crippen LogP contribution is -2.38. The molecule has 6 nitrogen and oxygen atoms in total. The van der Waals surface area contributed by atoms with Crippen molar-refractivity contribution in [3.8, 4) is 0 Å². The molecule has 2 atom stereocenters. The molecule has 6 heteroatoms. The fourth-order valence-corrected chi connectivity index (χ4v) is 2.41. The minimum absolute atomic E-state index is 0.00162. The first-order chi connectivity index (χ1) is 8.59. The average molecular weight is 251 g/mol. The van der Waals surface area contributed by atoms with Gasteiger partial charge in [-0.15, -0.1) is 0 Å². The monoisotopic (exact) mass is 251 g/mol. The molecule has 1 aliphatic rings. The van der Waals surface area contributed by atoms with Gasteiger partial charge in [0.15, 0.2) is 0 Å². The highest BCUT2D eigenvalue weighted by atomic mass is 16.4. The van der Waals surface area contributed by atoms with Crippen LogP contribution in [0.15, 0.2) is 18.5 Å². The van der Waals surface area contributed by atoms with Gasteiger partial charge in [0.05, 0.1) is 5.92 Å². The Morgan fingerprint density at radius 2 is 2.28 bits per heavy atom. The Bertz CT molecular complexity index is 430. The van der Waals surface area contributed by atoms with Crippen molar-refractivity contribution < 1.29 is 14.7 Å². The number of rotatable bonds is 4. The smallest absolute Gasteiger partial charge is 0.308 e. The van der Waals surface area contributed by atoms with Gasteiger partial charge in [-0.1, -0.05) is 0 Å². The van der Waals surface area contributed by atoms with Crippen LogP contribution in [0.1, 0.15) is 19.8 Å². The molecule has 1 N–H and O–H groups in total. The summed E-state index contributed by atoms with van der Waals surface area (Å²) in [7, 11) is 0. The highest BCUT2D eigenvalue weighted by molar-refractivity contribution is 5.79. The maximum absolute atomic E-state index is 12.0. The van der Waals surface area contributed by atoms with Crippen molar-refractivity contribution in [2.24, 2.45) is 5.92 Å². The molecule has 1 aromatic heterocycles. The highest BCUT2D eigenvalue weighted by Crippen LogP contribution is 2.24. The normalized spacial score (nSPS) is 23.3. The van der Waals surface area contributed by atoms with Crippen molar-refractivity contribution in [1.82, 2.24) is 14.7 Å². The third kappa shape index (κ3) is 2.52. The maximum atomic E-state index is 12.0. The molecule has 0 bridgehead atoms. The van der Waals surface area contributed by atoms with Gasteiger partial charge in [0.2, 0.25) is 5.91 Å². The van der Waals surface area contributed by atoms with Gasteiger partial charge in [-0.05, 0) is 19.4 Å². The first-order valence-corrected chi connectivity index (χ1v) is 6.09. The molecule has 2 unspecified atom stereocenters. The number of carbonyl (C=O) groups is 2. The minimum Gasteiger partial charge on any atom is -0.481 e. The van der Waals surface area contributed by atoms with Crippen LogP contribution in [0.4, 0.5) is 0 Å². The van der Waals surface area contributed by atoms with Crippen molar-refractivity contribution in [3.05, 3.63) is 18.5 Å². The number of hydrogen-bond acceptors (Lipinski definition) is 3. The number of aliphatic carboxylic acids is 1. The van der Waals surface area contributed by atoms with E-state index in [0.29, 0.717) is 25.9 Å². The summed E-state index contributed by atoms with van der Waals surface area (Å²) in [6.07, 6.45) is 4.38. The van der Waals surface area contributed by atoms with E-state index in [1.165, 1.54) is 0 Å². The van der Waals surface area contributed by atoms with Gasteiger partial charge in [-0.3, -0.25) is 14.3 Å². The molecule has 1 aromatic rings. The van der Waals surface area contributed by atoms with E-state index in [-0.39, 0.29) is 11.9 Å². The molecule has 1 fully saturated rings. The Labute approximate surface area is 105 Å². The Morgan fingerprint density at radius 3 is 2.83 bits per heavy atom. The molecule has 1 amide bonds. The van der Waals surface area contributed by atoms with E-state index in [1.54, 1.807) is 28.9 Å². The summed E-state index contributed by atoms with van der Waals surface area (Å²) < 4.78 is 1.70. The zero-order valence-corrected chi connectivity index (χ0v) is 10.3. The van der Waals surface area contributed by atoms with E-state index in [2.05, 4.69) is 5.10 Å². The molecular weight excluding hydrogens is 234 g/mol. The van der Waals surface area contributed by atoms with Crippen molar-refractivity contribution >= 4 is 11.9 Å². The molecule has 0 aliphatic carbocycles. The van der Waals surface area contributed by atoms with Crippen LogP contribution in [0.3, 0.4) is 0 Å². The molecule has 0 saturated carbocycles. The van der Waals surface area contributed by atoms with E-state index in [9.17, 15) is 9.59 Å². The number of hydrogen-bond donors (Lipinski definition) is 1. The predicted molar refractivity (Wildman–Crippen MR) is 63.8 cm³/mol. The first-order valence-electron chi connectivity index (χ1n) is 6.09. The third-order valence-electron chi connectivity index (χ3n) is 3.51. The maximum Gasteiger partial charge on any atom is 0.308 e. The van der Waals surface area contributed by atoms with Crippen LogP contribution in [0, 0.1) is 5.92 Å². The van der Waals surface area contributed by atoms with Gasteiger partial charge in [0.25, 0.3) is 0 Å². The lowest BCUT2D eigenvalue weighted by atomic mass is 10.0. The number of aryl methyl sites for hydroxylation is 1. The quantitative estimate of drug-likeness (QED) is 0.850. The van der Waals surface area contributed by atoms with E-state index in [0.717, 1.165) is 0 Å². The number of amides is 1. The van der Waals surface area contributed by atoms with Crippen LogP contribution < -0.4 is 0 Å². The molecular formula is C12H17N3O3. The molecule has 0 radical (unpaired) electrons. The second kappa shape index (κ2) is 5.20. The number of carbonyl (C=O) groups excluding carboxylic acids is 1. The van der Waals surface area contributed by atoms with Crippen LogP contribution in [-0.2, 0) is 16.1 Å². The van der Waals surface area contributed by atoms with Gasteiger partial charge in [0.1, 0.15) is 0 Å². The number of likely N-dealkylation sites (tertiary alicyclic amines) is 1. The summed E-state index contributed by atoms with van der Waals surface area (Å²) in [4.78, 5) is 24.7. The number of carboxylic acids is 1. The Morgan fingerprint density at radius 1 is 1.50 bits per heavy atom. The molecule has 1 saturated heterocycles. The van der Waals surface area contributed by atoms with Crippen molar-refractivity contribution in [2.75, 3.05) is 6.54 Å². The SMILES string of the molecule is CC1C(C(=O)O)CCN1C(=O)CCn1cccn1. The molecule has 2 heterocycles. The lowest BCUT2D eigenvalue weighted by molar-refractivity contribution is -0.143. The minimum atomic E-state index is -0.815. The molecule has 98 valence electrons. The van der Waals surface area contributed by atoms with Crippen molar-refractivity contribution in [3.63, 3.8) is 0 Å². The van der Waals surface area contributed by atoms with E-state index in [4.69, 9.17) is 5.11 Å². The molecule has 1 aliphatic heterocycles. The fraction of sp³-hybridized carbons (Fsp3) is 0.583. The molecule has 0 spiro atoms. The first kappa shape index (κ1) is 12.6. The predicted octanol–water partition coefficient (Wildman–Crippen LogP) is 0.595. The van der Waals surface area contributed by atoms with Gasteiger partial charge < -0.3 is 10.0 Å². The van der Waals surface area contributed by atoms with Crippen LogP contribution in [-0.4, -0.2) is 44.3 Å². The Hall–Kier alpha value is -1.85. The summed E-state index contributed by atoms with van der Waals surface area (Å²) in [5.74, 6) is -1.25. The largest absolute Gasteiger partial charge is 0.481 e. The van der Waals surface area contributed by atoms with Gasteiger partial charge >= 0.3 is 5.97 Å².